The molecule has 0 bridgehead atoms. The van der Waals surface area contributed by atoms with Crippen LogP contribution in [0.15, 0.2) is 12.4 Å². The predicted molar refractivity (Wildman–Crippen MR) is 62.8 cm³/mol. The Hall–Kier alpha value is -0.990. The molecule has 1 saturated carbocycles. The summed E-state index contributed by atoms with van der Waals surface area (Å²) in [6, 6.07) is 0.639. The first-order valence-electron chi connectivity index (χ1n) is 5.90. The van der Waals surface area contributed by atoms with Gasteiger partial charge in [-0.25, -0.2) is 0 Å². The van der Waals surface area contributed by atoms with Crippen molar-refractivity contribution >= 4 is 5.69 Å². The molecule has 0 spiro atoms. The summed E-state index contributed by atoms with van der Waals surface area (Å²) in [4.78, 5) is 0. The second kappa shape index (κ2) is 4.25. The van der Waals surface area contributed by atoms with Crippen LogP contribution in [0.2, 0.25) is 0 Å². The van der Waals surface area contributed by atoms with Gasteiger partial charge in [-0.05, 0) is 31.1 Å². The molecule has 1 aromatic heterocycles. The van der Waals surface area contributed by atoms with Gasteiger partial charge in [0.25, 0.3) is 0 Å². The second-order valence-corrected chi connectivity index (χ2v) is 5.01. The highest BCUT2D eigenvalue weighted by Gasteiger charge is 2.24. The van der Waals surface area contributed by atoms with E-state index in [1.165, 1.54) is 19.3 Å². The van der Waals surface area contributed by atoms with Crippen molar-refractivity contribution in [2.45, 2.75) is 39.2 Å². The fourth-order valence-corrected chi connectivity index (χ4v) is 2.41. The molecule has 1 aliphatic rings. The van der Waals surface area contributed by atoms with E-state index in [1.807, 2.05) is 24.1 Å². The van der Waals surface area contributed by atoms with Gasteiger partial charge in [0.15, 0.2) is 0 Å². The maximum atomic E-state index is 4.17. The van der Waals surface area contributed by atoms with Gasteiger partial charge in [0.2, 0.25) is 0 Å². The van der Waals surface area contributed by atoms with Gasteiger partial charge in [-0.1, -0.05) is 13.8 Å². The number of rotatable bonds is 2. The topological polar surface area (TPSA) is 29.9 Å². The number of anilines is 1. The molecule has 2 rings (SSSR count). The lowest BCUT2D eigenvalue weighted by Crippen LogP contribution is -2.30. The quantitative estimate of drug-likeness (QED) is 0.808. The van der Waals surface area contributed by atoms with Crippen molar-refractivity contribution < 1.29 is 0 Å². The van der Waals surface area contributed by atoms with Crippen LogP contribution >= 0.6 is 0 Å². The maximum absolute atomic E-state index is 4.17. The molecule has 1 heterocycles. The zero-order valence-corrected chi connectivity index (χ0v) is 9.90. The molecule has 84 valence electrons. The summed E-state index contributed by atoms with van der Waals surface area (Å²) >= 11 is 0. The molecule has 1 N–H and O–H groups in total. The number of aryl methyl sites for hydroxylation is 1. The Morgan fingerprint density at radius 2 is 2.13 bits per heavy atom. The van der Waals surface area contributed by atoms with Crippen molar-refractivity contribution in [2.24, 2.45) is 18.9 Å². The molecule has 3 nitrogen and oxygen atoms in total. The summed E-state index contributed by atoms with van der Waals surface area (Å²) in [7, 11) is 1.96. The minimum Gasteiger partial charge on any atom is -0.380 e. The lowest BCUT2D eigenvalue weighted by atomic mass is 9.79. The molecule has 1 fully saturated rings. The largest absolute Gasteiger partial charge is 0.380 e. The van der Waals surface area contributed by atoms with Gasteiger partial charge < -0.3 is 5.32 Å². The third kappa shape index (κ3) is 2.52. The molecule has 0 aliphatic heterocycles. The molecule has 0 saturated heterocycles. The van der Waals surface area contributed by atoms with Crippen molar-refractivity contribution in [3.63, 3.8) is 0 Å². The first kappa shape index (κ1) is 10.5. The summed E-state index contributed by atoms with van der Waals surface area (Å²) in [5.41, 5.74) is 1.16. The lowest BCUT2D eigenvalue weighted by Gasteiger charge is -2.32. The fourth-order valence-electron chi connectivity index (χ4n) is 2.41. The molecule has 1 aromatic rings. The van der Waals surface area contributed by atoms with Crippen LogP contribution in [0.25, 0.3) is 0 Å². The van der Waals surface area contributed by atoms with E-state index in [2.05, 4.69) is 24.3 Å². The first-order valence-corrected chi connectivity index (χ1v) is 5.90. The third-order valence-electron chi connectivity index (χ3n) is 3.67. The highest BCUT2D eigenvalue weighted by Crippen LogP contribution is 2.30. The van der Waals surface area contributed by atoms with E-state index < -0.39 is 0 Å². The van der Waals surface area contributed by atoms with Gasteiger partial charge in [0.1, 0.15) is 0 Å². The zero-order chi connectivity index (χ0) is 10.8. The molecule has 0 radical (unpaired) electrons. The molecule has 3 atom stereocenters. The fraction of sp³-hybridized carbons (Fsp3) is 0.750. The monoisotopic (exact) mass is 207 g/mol. The average molecular weight is 207 g/mol. The van der Waals surface area contributed by atoms with E-state index in [1.54, 1.807) is 0 Å². The Morgan fingerprint density at radius 3 is 2.73 bits per heavy atom. The highest BCUT2D eigenvalue weighted by atomic mass is 15.3. The molecule has 1 aliphatic carbocycles. The Bertz CT molecular complexity index is 318. The number of hydrogen-bond donors (Lipinski definition) is 1. The van der Waals surface area contributed by atoms with Crippen LogP contribution in [-0.4, -0.2) is 15.8 Å². The Morgan fingerprint density at radius 1 is 1.33 bits per heavy atom. The van der Waals surface area contributed by atoms with Crippen LogP contribution in [-0.2, 0) is 7.05 Å². The molecule has 0 aromatic carbocycles. The summed E-state index contributed by atoms with van der Waals surface area (Å²) in [5.74, 6) is 1.73. The highest BCUT2D eigenvalue weighted by molar-refractivity contribution is 5.39. The van der Waals surface area contributed by atoms with E-state index in [9.17, 15) is 0 Å². The third-order valence-corrected chi connectivity index (χ3v) is 3.67. The Labute approximate surface area is 91.9 Å². The van der Waals surface area contributed by atoms with Crippen LogP contribution in [0.4, 0.5) is 5.69 Å². The first-order chi connectivity index (χ1) is 7.15. The predicted octanol–water partition coefficient (Wildman–Crippen LogP) is 2.66. The number of hydrogen-bond acceptors (Lipinski definition) is 2. The van der Waals surface area contributed by atoms with E-state index in [4.69, 9.17) is 0 Å². The van der Waals surface area contributed by atoms with Crippen LogP contribution in [0.3, 0.4) is 0 Å². The molecule has 15 heavy (non-hydrogen) atoms. The smallest absolute Gasteiger partial charge is 0.0728 e. The summed E-state index contributed by atoms with van der Waals surface area (Å²) < 4.78 is 1.84. The van der Waals surface area contributed by atoms with Crippen LogP contribution in [0.1, 0.15) is 33.1 Å². The lowest BCUT2D eigenvalue weighted by molar-refractivity contribution is 0.261. The molecule has 0 unspecified atom stereocenters. The van der Waals surface area contributed by atoms with E-state index >= 15 is 0 Å². The van der Waals surface area contributed by atoms with Crippen molar-refractivity contribution in [1.29, 1.82) is 0 Å². The van der Waals surface area contributed by atoms with Crippen molar-refractivity contribution in [1.82, 2.24) is 9.78 Å². The van der Waals surface area contributed by atoms with Crippen LogP contribution < -0.4 is 5.32 Å². The van der Waals surface area contributed by atoms with E-state index in [-0.39, 0.29) is 0 Å². The van der Waals surface area contributed by atoms with Gasteiger partial charge in [-0.2, -0.15) is 5.10 Å². The van der Waals surface area contributed by atoms with Gasteiger partial charge in [0.05, 0.1) is 11.9 Å². The minimum absolute atomic E-state index is 0.639. The summed E-state index contributed by atoms with van der Waals surface area (Å²) in [5, 5.41) is 7.74. The van der Waals surface area contributed by atoms with Gasteiger partial charge in [0, 0.05) is 19.3 Å². The summed E-state index contributed by atoms with van der Waals surface area (Å²) in [6.45, 7) is 4.73. The normalized spacial score (nSPS) is 31.5. The molecule has 0 amide bonds. The Kier molecular flexibility index (Phi) is 2.98. The number of nitrogens with one attached hydrogen (secondary N) is 1. The maximum Gasteiger partial charge on any atom is 0.0728 e. The second-order valence-electron chi connectivity index (χ2n) is 5.01. The minimum atomic E-state index is 0.639. The zero-order valence-electron chi connectivity index (χ0n) is 9.90. The average Bonchev–Trinajstić information content (AvgIpc) is 2.58. The van der Waals surface area contributed by atoms with Crippen molar-refractivity contribution in [2.75, 3.05) is 5.32 Å². The van der Waals surface area contributed by atoms with Gasteiger partial charge in [-0.3, -0.25) is 4.68 Å². The van der Waals surface area contributed by atoms with E-state index in [0.29, 0.717) is 6.04 Å². The van der Waals surface area contributed by atoms with Crippen LogP contribution in [0.5, 0.6) is 0 Å². The molecular weight excluding hydrogens is 186 g/mol. The molecule has 3 heteroatoms. The molecular formula is C12H21N3. The van der Waals surface area contributed by atoms with Gasteiger partial charge in [-0.15, -0.1) is 0 Å². The standard InChI is InChI=1S/C12H21N3/c1-9-4-5-11(6-10(9)2)14-12-7-13-15(3)8-12/h7-11,14H,4-6H2,1-3H3/t9-,10-,11+/m1/s1. The van der Waals surface area contributed by atoms with Crippen LogP contribution in [0, 0.1) is 11.8 Å². The SMILES string of the molecule is C[C@@H]1CC[C@H](Nc2cnn(C)c2)C[C@H]1C. The van der Waals surface area contributed by atoms with Crippen molar-refractivity contribution in [3.05, 3.63) is 12.4 Å². The van der Waals surface area contributed by atoms with E-state index in [0.717, 1.165) is 17.5 Å². The van der Waals surface area contributed by atoms with Crippen molar-refractivity contribution in [3.8, 4) is 0 Å². The Balaban J connectivity index is 1.90. The van der Waals surface area contributed by atoms with Gasteiger partial charge >= 0.3 is 0 Å². The number of aromatic nitrogens is 2. The number of nitrogens with zero attached hydrogens (tertiary/aromatic N) is 2. The summed E-state index contributed by atoms with van der Waals surface area (Å²) in [6.07, 6.45) is 7.88.